The van der Waals surface area contributed by atoms with Crippen LogP contribution in [0.5, 0.6) is 5.75 Å². The van der Waals surface area contributed by atoms with Gasteiger partial charge in [0.05, 0.1) is 36.0 Å². The molecule has 226 valence electrons. The van der Waals surface area contributed by atoms with Gasteiger partial charge in [-0.2, -0.15) is 0 Å². The zero-order valence-corrected chi connectivity index (χ0v) is 26.8. The summed E-state index contributed by atoms with van der Waals surface area (Å²) in [6.45, 7) is 16.1. The highest BCUT2D eigenvalue weighted by atomic mass is 19.1. The highest BCUT2D eigenvalue weighted by Crippen LogP contribution is 2.40. The van der Waals surface area contributed by atoms with E-state index < -0.39 is 5.41 Å². The second-order valence-corrected chi connectivity index (χ2v) is 12.3. The molecule has 7 heteroatoms. The summed E-state index contributed by atoms with van der Waals surface area (Å²) in [4.78, 5) is 15.1. The molecule has 0 N–H and O–H groups in total. The molecule has 0 aliphatic heterocycles. The van der Waals surface area contributed by atoms with Crippen molar-refractivity contribution in [1.29, 1.82) is 0 Å². The lowest BCUT2D eigenvalue weighted by molar-refractivity contribution is 0.411. The SMILES string of the molecule is CCC(C)Cc1cn(-c2ccc(C(C)(C)c3nc(C(C)CC)cc4c3nc(-c3ccc(F)cc3)n4CC)cc2OC)cn1. The summed E-state index contributed by atoms with van der Waals surface area (Å²) < 4.78 is 24.0. The van der Waals surface area contributed by atoms with Crippen molar-refractivity contribution < 1.29 is 9.13 Å². The minimum absolute atomic E-state index is 0.259. The average Bonchev–Trinajstić information content (AvgIpc) is 3.64. The maximum Gasteiger partial charge on any atom is 0.143 e. The molecule has 2 aromatic carbocycles. The van der Waals surface area contributed by atoms with Crippen molar-refractivity contribution in [2.24, 2.45) is 5.92 Å². The van der Waals surface area contributed by atoms with Gasteiger partial charge in [-0.15, -0.1) is 0 Å². The van der Waals surface area contributed by atoms with Crippen LogP contribution in [-0.4, -0.2) is 31.2 Å². The van der Waals surface area contributed by atoms with Crippen molar-refractivity contribution in [2.75, 3.05) is 7.11 Å². The molecular formula is C36H44FN5O. The number of hydrogen-bond acceptors (Lipinski definition) is 4. The van der Waals surface area contributed by atoms with E-state index in [1.165, 1.54) is 12.1 Å². The lowest BCUT2D eigenvalue weighted by Crippen LogP contribution is -2.22. The number of hydrogen-bond donors (Lipinski definition) is 0. The van der Waals surface area contributed by atoms with Crippen LogP contribution in [0.2, 0.25) is 0 Å². The van der Waals surface area contributed by atoms with Crippen molar-refractivity contribution in [3.63, 3.8) is 0 Å². The number of aromatic nitrogens is 5. The van der Waals surface area contributed by atoms with E-state index in [1.807, 2.05) is 10.9 Å². The van der Waals surface area contributed by atoms with E-state index in [4.69, 9.17) is 14.7 Å². The van der Waals surface area contributed by atoms with Gasteiger partial charge < -0.3 is 13.9 Å². The quantitative estimate of drug-likeness (QED) is 0.156. The van der Waals surface area contributed by atoms with Gasteiger partial charge in [0, 0.05) is 29.4 Å². The number of aryl methyl sites for hydroxylation is 1. The summed E-state index contributed by atoms with van der Waals surface area (Å²) in [6, 6.07) is 15.1. The van der Waals surface area contributed by atoms with Crippen LogP contribution in [0.1, 0.15) is 89.9 Å². The van der Waals surface area contributed by atoms with Crippen LogP contribution in [0.15, 0.2) is 61.1 Å². The Labute approximate surface area is 255 Å². The first kappa shape index (κ1) is 30.5. The molecule has 0 amide bonds. The second kappa shape index (κ2) is 12.3. The summed E-state index contributed by atoms with van der Waals surface area (Å²) in [5, 5.41) is 0. The molecular weight excluding hydrogens is 537 g/mol. The molecule has 0 radical (unpaired) electrons. The first-order valence-corrected chi connectivity index (χ1v) is 15.5. The number of benzene rings is 2. The van der Waals surface area contributed by atoms with Gasteiger partial charge in [0.25, 0.3) is 0 Å². The van der Waals surface area contributed by atoms with Crippen LogP contribution in [0.4, 0.5) is 4.39 Å². The van der Waals surface area contributed by atoms with Crippen molar-refractivity contribution in [2.45, 2.75) is 85.6 Å². The molecule has 6 nitrogen and oxygen atoms in total. The molecule has 0 saturated heterocycles. The summed E-state index contributed by atoms with van der Waals surface area (Å²) in [5.41, 5.74) is 7.39. The molecule has 2 atom stereocenters. The van der Waals surface area contributed by atoms with Crippen LogP contribution < -0.4 is 4.74 Å². The standard InChI is InChI=1S/C36H44FN5O/c1-9-23(4)18-28-21-41(22-38-28)30-17-14-26(19-32(30)43-8)36(6,7)34-33-31(20-29(39-34)24(5)10-2)42(11-3)35(40-33)25-12-15-27(37)16-13-25/h12-17,19-24H,9-11,18H2,1-8H3. The van der Waals surface area contributed by atoms with Gasteiger partial charge in [0.2, 0.25) is 0 Å². The summed E-state index contributed by atoms with van der Waals surface area (Å²) in [6.07, 6.45) is 7.03. The Morgan fingerprint density at radius 2 is 1.70 bits per heavy atom. The van der Waals surface area contributed by atoms with E-state index in [9.17, 15) is 4.39 Å². The van der Waals surface area contributed by atoms with Crippen LogP contribution in [-0.2, 0) is 18.4 Å². The molecule has 0 saturated carbocycles. The molecule has 3 heterocycles. The van der Waals surface area contributed by atoms with Crippen LogP contribution in [0.25, 0.3) is 28.1 Å². The predicted molar refractivity (Wildman–Crippen MR) is 173 cm³/mol. The van der Waals surface area contributed by atoms with Crippen LogP contribution >= 0.6 is 0 Å². The minimum Gasteiger partial charge on any atom is -0.495 e. The number of rotatable bonds is 11. The fraction of sp³-hybridized carbons (Fsp3) is 0.417. The Balaban J connectivity index is 1.65. The molecule has 5 aromatic rings. The van der Waals surface area contributed by atoms with E-state index in [2.05, 4.69) is 88.5 Å². The Bertz CT molecular complexity index is 1720. The molecule has 0 fully saturated rings. The molecule has 2 unspecified atom stereocenters. The Morgan fingerprint density at radius 1 is 0.953 bits per heavy atom. The summed E-state index contributed by atoms with van der Waals surface area (Å²) >= 11 is 0. The smallest absolute Gasteiger partial charge is 0.143 e. The van der Waals surface area contributed by atoms with Gasteiger partial charge in [0.15, 0.2) is 0 Å². The Morgan fingerprint density at radius 3 is 2.35 bits per heavy atom. The van der Waals surface area contributed by atoms with Gasteiger partial charge in [-0.05, 0) is 79.6 Å². The first-order chi connectivity index (χ1) is 20.6. The zero-order chi connectivity index (χ0) is 30.9. The lowest BCUT2D eigenvalue weighted by atomic mass is 9.80. The molecule has 0 aliphatic carbocycles. The largest absolute Gasteiger partial charge is 0.495 e. The van der Waals surface area contributed by atoms with E-state index in [0.717, 1.165) is 82.3 Å². The number of nitrogens with zero attached hydrogens (tertiary/aromatic N) is 5. The maximum absolute atomic E-state index is 13.8. The molecule has 5 rings (SSSR count). The molecule has 0 bridgehead atoms. The first-order valence-electron chi connectivity index (χ1n) is 15.5. The third-order valence-corrected chi connectivity index (χ3v) is 8.95. The molecule has 0 aliphatic rings. The third-order valence-electron chi connectivity index (χ3n) is 8.95. The number of methoxy groups -OCH3 is 1. The van der Waals surface area contributed by atoms with Crippen LogP contribution in [0.3, 0.4) is 0 Å². The number of halogens is 1. The Kier molecular flexibility index (Phi) is 8.72. The van der Waals surface area contributed by atoms with Gasteiger partial charge in [-0.3, -0.25) is 4.98 Å². The normalized spacial score (nSPS) is 13.4. The maximum atomic E-state index is 13.8. The van der Waals surface area contributed by atoms with Crippen molar-refractivity contribution in [1.82, 2.24) is 24.1 Å². The molecule has 43 heavy (non-hydrogen) atoms. The van der Waals surface area contributed by atoms with E-state index in [0.29, 0.717) is 5.92 Å². The highest BCUT2D eigenvalue weighted by molar-refractivity contribution is 5.84. The molecule has 0 spiro atoms. The Hall–Kier alpha value is -4.00. The van der Waals surface area contributed by atoms with Crippen LogP contribution in [0, 0.1) is 11.7 Å². The third kappa shape index (κ3) is 5.82. The van der Waals surface area contributed by atoms with Gasteiger partial charge >= 0.3 is 0 Å². The summed E-state index contributed by atoms with van der Waals surface area (Å²) in [7, 11) is 1.71. The summed E-state index contributed by atoms with van der Waals surface area (Å²) in [5.74, 6) is 2.21. The van der Waals surface area contributed by atoms with Gasteiger partial charge in [-0.25, -0.2) is 14.4 Å². The number of fused-ring (bicyclic) bond motifs is 1. The average molecular weight is 582 g/mol. The van der Waals surface area contributed by atoms with Crippen molar-refractivity contribution >= 4 is 11.0 Å². The monoisotopic (exact) mass is 581 g/mol. The zero-order valence-electron chi connectivity index (χ0n) is 26.8. The van der Waals surface area contributed by atoms with E-state index in [-0.39, 0.29) is 11.7 Å². The minimum atomic E-state index is -0.489. The number of pyridine rings is 1. The number of ether oxygens (including phenoxy) is 1. The topological polar surface area (TPSA) is 57.8 Å². The van der Waals surface area contributed by atoms with Crippen molar-refractivity contribution in [3.05, 3.63) is 89.5 Å². The predicted octanol–water partition coefficient (Wildman–Crippen LogP) is 8.88. The fourth-order valence-electron chi connectivity index (χ4n) is 5.70. The highest BCUT2D eigenvalue weighted by Gasteiger charge is 2.32. The number of imidazole rings is 2. The second-order valence-electron chi connectivity index (χ2n) is 12.3. The van der Waals surface area contributed by atoms with E-state index in [1.54, 1.807) is 19.2 Å². The lowest BCUT2D eigenvalue weighted by Gasteiger charge is -2.27. The van der Waals surface area contributed by atoms with Crippen molar-refractivity contribution in [3.8, 4) is 22.8 Å². The van der Waals surface area contributed by atoms with Gasteiger partial charge in [-0.1, -0.05) is 54.0 Å². The fourth-order valence-corrected chi connectivity index (χ4v) is 5.70. The van der Waals surface area contributed by atoms with Gasteiger partial charge in [0.1, 0.15) is 22.9 Å². The molecule has 3 aromatic heterocycles. The van der Waals surface area contributed by atoms with E-state index >= 15 is 0 Å².